The summed E-state index contributed by atoms with van der Waals surface area (Å²) >= 11 is 0. The Labute approximate surface area is 123 Å². The van der Waals surface area contributed by atoms with Gasteiger partial charge < -0.3 is 10.0 Å². The maximum Gasteiger partial charge on any atom is 0.335 e. The van der Waals surface area contributed by atoms with E-state index < -0.39 is 5.97 Å². The van der Waals surface area contributed by atoms with Gasteiger partial charge in [-0.25, -0.2) is 14.8 Å². The second-order valence-corrected chi connectivity index (χ2v) is 5.37. The van der Waals surface area contributed by atoms with Crippen LogP contribution in [0.2, 0.25) is 0 Å². The SMILES string of the molecule is Cc1cc(C)nc(N2CCc3c(cccc3C(=O)O)C2)n1. The molecule has 0 radical (unpaired) electrons. The van der Waals surface area contributed by atoms with Gasteiger partial charge in [-0.05, 0) is 43.5 Å². The molecule has 3 rings (SSSR count). The topological polar surface area (TPSA) is 66.3 Å². The summed E-state index contributed by atoms with van der Waals surface area (Å²) in [5, 5.41) is 9.26. The molecule has 0 saturated heterocycles. The van der Waals surface area contributed by atoms with E-state index in [4.69, 9.17) is 0 Å². The molecule has 0 atom stereocenters. The molecule has 1 N–H and O–H groups in total. The standard InChI is InChI=1S/C16H17N3O2/c1-10-8-11(2)18-16(17-10)19-7-6-13-12(9-19)4-3-5-14(13)15(20)21/h3-5,8H,6-7,9H2,1-2H3,(H,20,21). The number of hydrogen-bond donors (Lipinski definition) is 1. The van der Waals surface area contributed by atoms with Gasteiger partial charge in [0.15, 0.2) is 0 Å². The van der Waals surface area contributed by atoms with Crippen molar-refractivity contribution in [2.75, 3.05) is 11.4 Å². The second kappa shape index (κ2) is 5.16. The fraction of sp³-hybridized carbons (Fsp3) is 0.312. The van der Waals surface area contributed by atoms with Crippen LogP contribution in [0.1, 0.15) is 32.9 Å². The molecule has 108 valence electrons. The molecule has 1 aliphatic rings. The minimum atomic E-state index is -0.858. The Hall–Kier alpha value is -2.43. The van der Waals surface area contributed by atoms with Gasteiger partial charge in [-0.3, -0.25) is 0 Å². The van der Waals surface area contributed by atoms with Crippen LogP contribution in [0, 0.1) is 13.8 Å². The number of carbonyl (C=O) groups is 1. The lowest BCUT2D eigenvalue weighted by Gasteiger charge is -2.29. The van der Waals surface area contributed by atoms with Crippen molar-refractivity contribution in [3.63, 3.8) is 0 Å². The third-order valence-corrected chi connectivity index (χ3v) is 3.75. The lowest BCUT2D eigenvalue weighted by Crippen LogP contribution is -2.33. The number of aryl methyl sites for hydroxylation is 2. The van der Waals surface area contributed by atoms with Gasteiger partial charge >= 0.3 is 5.97 Å². The maximum absolute atomic E-state index is 11.3. The van der Waals surface area contributed by atoms with Crippen molar-refractivity contribution >= 4 is 11.9 Å². The first kappa shape index (κ1) is 13.5. The average Bonchev–Trinajstić information content (AvgIpc) is 2.44. The first-order chi connectivity index (χ1) is 10.0. The molecule has 21 heavy (non-hydrogen) atoms. The lowest BCUT2D eigenvalue weighted by molar-refractivity contribution is 0.0695. The number of carboxylic acid groups (broad SMARTS) is 1. The summed E-state index contributed by atoms with van der Waals surface area (Å²) < 4.78 is 0. The number of fused-ring (bicyclic) bond motifs is 1. The van der Waals surface area contributed by atoms with Gasteiger partial charge in [0.05, 0.1) is 5.56 Å². The average molecular weight is 283 g/mol. The third kappa shape index (κ3) is 2.59. The smallest absolute Gasteiger partial charge is 0.335 e. The van der Waals surface area contributed by atoms with Crippen LogP contribution in [-0.4, -0.2) is 27.6 Å². The summed E-state index contributed by atoms with van der Waals surface area (Å²) in [5.74, 6) is -0.137. The van der Waals surface area contributed by atoms with E-state index in [9.17, 15) is 9.90 Å². The minimum Gasteiger partial charge on any atom is -0.478 e. The van der Waals surface area contributed by atoms with Crippen LogP contribution in [-0.2, 0) is 13.0 Å². The van der Waals surface area contributed by atoms with Crippen LogP contribution in [0.3, 0.4) is 0 Å². The largest absolute Gasteiger partial charge is 0.478 e. The van der Waals surface area contributed by atoms with E-state index in [1.165, 1.54) is 0 Å². The van der Waals surface area contributed by atoms with Gasteiger partial charge in [0, 0.05) is 24.5 Å². The van der Waals surface area contributed by atoms with Crippen LogP contribution >= 0.6 is 0 Å². The lowest BCUT2D eigenvalue weighted by atomic mass is 9.94. The van der Waals surface area contributed by atoms with Crippen LogP contribution in [0.5, 0.6) is 0 Å². The molecule has 1 aliphatic heterocycles. The van der Waals surface area contributed by atoms with Gasteiger partial charge in [0.2, 0.25) is 5.95 Å². The number of carboxylic acids is 1. The number of hydrogen-bond acceptors (Lipinski definition) is 4. The Kier molecular flexibility index (Phi) is 3.33. The molecule has 2 heterocycles. The van der Waals surface area contributed by atoms with E-state index in [-0.39, 0.29) is 0 Å². The fourth-order valence-corrected chi connectivity index (χ4v) is 2.83. The Morgan fingerprint density at radius 1 is 1.24 bits per heavy atom. The molecule has 0 amide bonds. The van der Waals surface area contributed by atoms with Crippen molar-refractivity contribution in [2.24, 2.45) is 0 Å². The number of nitrogens with zero attached hydrogens (tertiary/aromatic N) is 3. The monoisotopic (exact) mass is 283 g/mol. The molecule has 5 heteroatoms. The van der Waals surface area contributed by atoms with E-state index >= 15 is 0 Å². The number of benzene rings is 1. The van der Waals surface area contributed by atoms with Crippen molar-refractivity contribution in [2.45, 2.75) is 26.8 Å². The highest BCUT2D eigenvalue weighted by molar-refractivity contribution is 5.90. The summed E-state index contributed by atoms with van der Waals surface area (Å²) in [5.41, 5.74) is 4.29. The highest BCUT2D eigenvalue weighted by Gasteiger charge is 2.22. The summed E-state index contributed by atoms with van der Waals surface area (Å²) in [6.07, 6.45) is 0.703. The van der Waals surface area contributed by atoms with E-state index in [0.29, 0.717) is 18.5 Å². The number of rotatable bonds is 2. The van der Waals surface area contributed by atoms with Gasteiger partial charge in [0.25, 0.3) is 0 Å². The molecule has 0 saturated carbocycles. The molecule has 0 aliphatic carbocycles. The van der Waals surface area contributed by atoms with Crippen LogP contribution in [0.25, 0.3) is 0 Å². The summed E-state index contributed by atoms with van der Waals surface area (Å²) in [4.78, 5) is 22.4. The van der Waals surface area contributed by atoms with Gasteiger partial charge in [-0.15, -0.1) is 0 Å². The zero-order valence-electron chi connectivity index (χ0n) is 12.1. The Morgan fingerprint density at radius 2 is 1.95 bits per heavy atom. The van der Waals surface area contributed by atoms with Crippen LogP contribution in [0.15, 0.2) is 24.3 Å². The van der Waals surface area contributed by atoms with E-state index in [2.05, 4.69) is 14.9 Å². The van der Waals surface area contributed by atoms with Gasteiger partial charge in [-0.1, -0.05) is 12.1 Å². The van der Waals surface area contributed by atoms with Crippen LogP contribution in [0.4, 0.5) is 5.95 Å². The van der Waals surface area contributed by atoms with E-state index in [1.54, 1.807) is 12.1 Å². The summed E-state index contributed by atoms with van der Waals surface area (Å²) in [6, 6.07) is 7.40. The van der Waals surface area contributed by atoms with Crippen molar-refractivity contribution in [3.8, 4) is 0 Å². The predicted octanol–water partition coefficient (Wildman–Crippen LogP) is 2.35. The molecular weight excluding hydrogens is 266 g/mol. The third-order valence-electron chi connectivity index (χ3n) is 3.75. The molecule has 0 spiro atoms. The second-order valence-electron chi connectivity index (χ2n) is 5.37. The number of aromatic nitrogens is 2. The molecule has 5 nitrogen and oxygen atoms in total. The normalized spacial score (nSPS) is 13.9. The zero-order chi connectivity index (χ0) is 15.0. The van der Waals surface area contributed by atoms with Crippen molar-refractivity contribution < 1.29 is 9.90 Å². The van der Waals surface area contributed by atoms with Crippen molar-refractivity contribution in [1.29, 1.82) is 0 Å². The zero-order valence-corrected chi connectivity index (χ0v) is 12.1. The fourth-order valence-electron chi connectivity index (χ4n) is 2.83. The van der Waals surface area contributed by atoms with Crippen molar-refractivity contribution in [1.82, 2.24) is 9.97 Å². The van der Waals surface area contributed by atoms with Crippen molar-refractivity contribution in [3.05, 3.63) is 52.3 Å². The molecule has 0 unspecified atom stereocenters. The van der Waals surface area contributed by atoms with Crippen LogP contribution < -0.4 is 4.90 Å². The quantitative estimate of drug-likeness (QED) is 0.916. The molecule has 0 bridgehead atoms. The number of aromatic carboxylic acids is 1. The molecule has 2 aromatic rings. The first-order valence-corrected chi connectivity index (χ1v) is 6.96. The molecule has 1 aromatic heterocycles. The Morgan fingerprint density at radius 3 is 2.62 bits per heavy atom. The molecule has 1 aromatic carbocycles. The highest BCUT2D eigenvalue weighted by atomic mass is 16.4. The Bertz CT molecular complexity index is 692. The molecular formula is C16H17N3O2. The first-order valence-electron chi connectivity index (χ1n) is 6.96. The molecule has 0 fully saturated rings. The highest BCUT2D eigenvalue weighted by Crippen LogP contribution is 2.25. The predicted molar refractivity (Wildman–Crippen MR) is 79.7 cm³/mol. The van der Waals surface area contributed by atoms with E-state index in [1.807, 2.05) is 26.0 Å². The number of anilines is 1. The Balaban J connectivity index is 1.94. The summed E-state index contributed by atoms with van der Waals surface area (Å²) in [7, 11) is 0. The van der Waals surface area contributed by atoms with Gasteiger partial charge in [-0.2, -0.15) is 0 Å². The van der Waals surface area contributed by atoms with Gasteiger partial charge in [0.1, 0.15) is 0 Å². The summed E-state index contributed by atoms with van der Waals surface area (Å²) in [6.45, 7) is 5.30. The maximum atomic E-state index is 11.3. The minimum absolute atomic E-state index is 0.411. The van der Waals surface area contributed by atoms with E-state index in [0.717, 1.165) is 35.0 Å².